The standard InChI is InChI=1S/C22H21FN6O2.C2HF3O2/c1-13-4-2-7-18(24-13)22(31)28-10-14-8-19-26-27-20(29(19)12-15(14)11-28)21(30)25-17-6-3-5-16(23)9-17;3-2(4,5)1(6)7/h2-7,9,14-15H,8,10-12H2,1H3,(H,25,30);(H,6,7). The van der Waals surface area contributed by atoms with Gasteiger partial charge in [-0.05, 0) is 49.1 Å². The molecule has 2 unspecified atom stereocenters. The second kappa shape index (κ2) is 10.6. The minimum atomic E-state index is -5.08. The number of nitrogens with zero attached hydrogens (tertiary/aromatic N) is 5. The molecule has 0 radical (unpaired) electrons. The molecule has 2 aliphatic heterocycles. The Labute approximate surface area is 213 Å². The number of likely N-dealkylation sites (tertiary alicyclic amines) is 1. The van der Waals surface area contributed by atoms with Crippen molar-refractivity contribution in [2.75, 3.05) is 18.4 Å². The number of carbonyl (C=O) groups excluding carboxylic acids is 2. The van der Waals surface area contributed by atoms with E-state index in [9.17, 15) is 27.2 Å². The first-order valence-electron chi connectivity index (χ1n) is 11.4. The van der Waals surface area contributed by atoms with Gasteiger partial charge in [-0.2, -0.15) is 13.2 Å². The van der Waals surface area contributed by atoms with E-state index in [1.54, 1.807) is 12.1 Å². The lowest BCUT2D eigenvalue weighted by Crippen LogP contribution is -2.31. The van der Waals surface area contributed by atoms with Crippen molar-refractivity contribution in [3.8, 4) is 0 Å². The van der Waals surface area contributed by atoms with Crippen LogP contribution in [0.25, 0.3) is 0 Å². The lowest BCUT2D eigenvalue weighted by molar-refractivity contribution is -0.192. The number of nitrogens with one attached hydrogen (secondary N) is 1. The Morgan fingerprint density at radius 2 is 1.71 bits per heavy atom. The van der Waals surface area contributed by atoms with E-state index in [-0.39, 0.29) is 23.6 Å². The number of pyridine rings is 1. The van der Waals surface area contributed by atoms with Gasteiger partial charge in [0.05, 0.1) is 0 Å². The minimum Gasteiger partial charge on any atom is -0.475 e. The molecule has 2 atom stereocenters. The monoisotopic (exact) mass is 534 g/mol. The van der Waals surface area contributed by atoms with Crippen LogP contribution in [-0.2, 0) is 17.8 Å². The number of benzene rings is 1. The third-order valence-corrected chi connectivity index (χ3v) is 6.19. The number of rotatable bonds is 3. The number of hydrogen-bond acceptors (Lipinski definition) is 6. The fourth-order valence-electron chi connectivity index (χ4n) is 4.44. The predicted molar refractivity (Wildman–Crippen MR) is 124 cm³/mol. The smallest absolute Gasteiger partial charge is 0.475 e. The van der Waals surface area contributed by atoms with Crippen LogP contribution in [0.4, 0.5) is 23.2 Å². The number of aryl methyl sites for hydroxylation is 1. The van der Waals surface area contributed by atoms with E-state index in [0.29, 0.717) is 37.4 Å². The number of carbonyl (C=O) groups is 3. The molecule has 2 aliphatic rings. The molecule has 1 fully saturated rings. The van der Waals surface area contributed by atoms with Gasteiger partial charge in [0.15, 0.2) is 0 Å². The zero-order valence-corrected chi connectivity index (χ0v) is 19.9. The second-order valence-corrected chi connectivity index (χ2v) is 8.92. The molecule has 0 saturated carbocycles. The average Bonchev–Trinajstić information content (AvgIpc) is 3.45. The Morgan fingerprint density at radius 1 is 1.03 bits per heavy atom. The molecular formula is C24H22F4N6O4. The first kappa shape index (κ1) is 26.7. The van der Waals surface area contributed by atoms with Crippen LogP contribution in [0.2, 0.25) is 0 Å². The quantitative estimate of drug-likeness (QED) is 0.494. The molecular weight excluding hydrogens is 512 g/mol. The maximum atomic E-state index is 13.4. The van der Waals surface area contributed by atoms with Gasteiger partial charge in [-0.1, -0.05) is 12.1 Å². The molecule has 1 aromatic carbocycles. The van der Waals surface area contributed by atoms with Crippen LogP contribution in [0.5, 0.6) is 0 Å². The molecule has 2 N–H and O–H groups in total. The molecule has 0 spiro atoms. The van der Waals surface area contributed by atoms with Crippen molar-refractivity contribution >= 4 is 23.5 Å². The van der Waals surface area contributed by atoms with Crippen LogP contribution in [0.3, 0.4) is 0 Å². The normalized spacial score (nSPS) is 18.1. The number of anilines is 1. The summed E-state index contributed by atoms with van der Waals surface area (Å²) in [6, 6.07) is 11.1. The Bertz CT molecular complexity index is 1380. The average molecular weight is 534 g/mol. The number of aromatic nitrogens is 4. The number of fused-ring (bicyclic) bond motifs is 2. The third-order valence-electron chi connectivity index (χ3n) is 6.19. The van der Waals surface area contributed by atoms with E-state index in [2.05, 4.69) is 20.5 Å². The van der Waals surface area contributed by atoms with Crippen LogP contribution in [0.15, 0.2) is 42.5 Å². The van der Waals surface area contributed by atoms with Gasteiger partial charge < -0.3 is 19.9 Å². The Balaban J connectivity index is 0.000000426. The van der Waals surface area contributed by atoms with Crippen molar-refractivity contribution < 1.29 is 37.1 Å². The Kier molecular flexibility index (Phi) is 7.41. The van der Waals surface area contributed by atoms with Crippen molar-refractivity contribution in [2.24, 2.45) is 11.8 Å². The molecule has 200 valence electrons. The number of hydrogen-bond donors (Lipinski definition) is 2. The van der Waals surface area contributed by atoms with Gasteiger partial charge in [-0.3, -0.25) is 9.59 Å². The van der Waals surface area contributed by atoms with Gasteiger partial charge in [0.2, 0.25) is 5.82 Å². The van der Waals surface area contributed by atoms with Crippen molar-refractivity contribution in [1.29, 1.82) is 0 Å². The molecule has 3 aromatic rings. The topological polar surface area (TPSA) is 130 Å². The zero-order valence-electron chi connectivity index (χ0n) is 19.9. The zero-order chi connectivity index (χ0) is 27.6. The van der Waals surface area contributed by atoms with Gasteiger partial charge in [0.25, 0.3) is 11.8 Å². The second-order valence-electron chi connectivity index (χ2n) is 8.92. The van der Waals surface area contributed by atoms with Gasteiger partial charge in [0.1, 0.15) is 17.3 Å². The highest BCUT2D eigenvalue weighted by atomic mass is 19.4. The van der Waals surface area contributed by atoms with Crippen molar-refractivity contribution in [3.63, 3.8) is 0 Å². The summed E-state index contributed by atoms with van der Waals surface area (Å²) in [5.41, 5.74) is 1.62. The maximum Gasteiger partial charge on any atom is 0.490 e. The van der Waals surface area contributed by atoms with Crippen molar-refractivity contribution in [2.45, 2.75) is 26.1 Å². The molecule has 14 heteroatoms. The third kappa shape index (κ3) is 5.95. The first-order valence-corrected chi connectivity index (χ1v) is 11.4. The largest absolute Gasteiger partial charge is 0.490 e. The molecule has 38 heavy (non-hydrogen) atoms. The molecule has 10 nitrogen and oxygen atoms in total. The number of aliphatic carboxylic acids is 1. The summed E-state index contributed by atoms with van der Waals surface area (Å²) in [5.74, 6) is -2.29. The number of carboxylic acids is 1. The number of alkyl halides is 3. The van der Waals surface area contributed by atoms with Crippen LogP contribution in [-0.4, -0.2) is 66.8 Å². The predicted octanol–water partition coefficient (Wildman–Crippen LogP) is 2.95. The SMILES string of the molecule is Cc1cccc(C(=O)N2CC3Cc4nnc(C(=O)Nc5cccc(F)c5)n4CC3C2)n1.O=C(O)C(F)(F)F. The highest BCUT2D eigenvalue weighted by molar-refractivity contribution is 6.01. The van der Waals surface area contributed by atoms with Crippen LogP contribution in [0, 0.1) is 24.6 Å². The summed E-state index contributed by atoms with van der Waals surface area (Å²) >= 11 is 0. The Hall–Kier alpha value is -4.36. The summed E-state index contributed by atoms with van der Waals surface area (Å²) < 4.78 is 47.0. The van der Waals surface area contributed by atoms with E-state index >= 15 is 0 Å². The molecule has 2 aromatic heterocycles. The summed E-state index contributed by atoms with van der Waals surface area (Å²) in [6.07, 6.45) is -4.43. The minimum absolute atomic E-state index is 0.0714. The van der Waals surface area contributed by atoms with Gasteiger partial charge in [-0.15, -0.1) is 10.2 Å². The summed E-state index contributed by atoms with van der Waals surface area (Å²) in [7, 11) is 0. The van der Waals surface area contributed by atoms with E-state index < -0.39 is 23.9 Å². The number of halogens is 4. The van der Waals surface area contributed by atoms with Gasteiger partial charge >= 0.3 is 12.1 Å². The summed E-state index contributed by atoms with van der Waals surface area (Å²) in [6.45, 7) is 3.66. The van der Waals surface area contributed by atoms with E-state index in [1.165, 1.54) is 18.2 Å². The van der Waals surface area contributed by atoms with Crippen molar-refractivity contribution in [1.82, 2.24) is 24.6 Å². The lowest BCUT2D eigenvalue weighted by Gasteiger charge is -2.25. The molecule has 1 saturated heterocycles. The van der Waals surface area contributed by atoms with E-state index in [4.69, 9.17) is 9.90 Å². The summed E-state index contributed by atoms with van der Waals surface area (Å²) in [4.78, 5) is 40.7. The van der Waals surface area contributed by atoms with Crippen LogP contribution < -0.4 is 5.32 Å². The van der Waals surface area contributed by atoms with Crippen molar-refractivity contribution in [3.05, 3.63) is 71.3 Å². The Morgan fingerprint density at radius 3 is 2.37 bits per heavy atom. The highest BCUT2D eigenvalue weighted by Gasteiger charge is 2.41. The molecule has 4 heterocycles. The van der Waals surface area contributed by atoms with Gasteiger partial charge in [-0.25, -0.2) is 14.2 Å². The highest BCUT2D eigenvalue weighted by Crippen LogP contribution is 2.33. The number of amides is 2. The molecule has 5 rings (SSSR count). The summed E-state index contributed by atoms with van der Waals surface area (Å²) in [5, 5.41) is 18.1. The molecule has 0 aliphatic carbocycles. The number of carboxylic acid groups (broad SMARTS) is 1. The lowest BCUT2D eigenvalue weighted by atomic mass is 9.89. The fourth-order valence-corrected chi connectivity index (χ4v) is 4.44. The fraction of sp³-hybridized carbons (Fsp3) is 0.333. The van der Waals surface area contributed by atoms with Gasteiger partial charge in [0, 0.05) is 37.4 Å². The molecule has 0 bridgehead atoms. The van der Waals surface area contributed by atoms with E-state index in [1.807, 2.05) is 28.5 Å². The van der Waals surface area contributed by atoms with Crippen LogP contribution in [0.1, 0.15) is 32.6 Å². The van der Waals surface area contributed by atoms with E-state index in [0.717, 1.165) is 11.5 Å². The first-order chi connectivity index (χ1) is 17.9. The maximum absolute atomic E-state index is 13.4. The molecule has 2 amide bonds. The van der Waals surface area contributed by atoms with Crippen LogP contribution >= 0.6 is 0 Å².